The van der Waals surface area contributed by atoms with E-state index in [4.69, 9.17) is 17.3 Å². The first-order valence-electron chi connectivity index (χ1n) is 7.20. The molecule has 1 heterocycles. The van der Waals surface area contributed by atoms with Gasteiger partial charge in [-0.15, -0.1) is 12.4 Å². The number of amides is 2. The summed E-state index contributed by atoms with van der Waals surface area (Å²) in [6.45, 7) is 1.86. The van der Waals surface area contributed by atoms with Crippen LogP contribution in [0.5, 0.6) is 0 Å². The first-order valence-corrected chi connectivity index (χ1v) is 7.58. The number of hydrogen-bond acceptors (Lipinski definition) is 3. The molecule has 122 valence electrons. The number of piperidine rings is 1. The predicted molar refractivity (Wildman–Crippen MR) is 90.8 cm³/mol. The first-order chi connectivity index (χ1) is 10.1. The lowest BCUT2D eigenvalue weighted by molar-refractivity contribution is -0.116. The highest BCUT2D eigenvalue weighted by molar-refractivity contribution is 6.34. The third kappa shape index (κ3) is 4.87. The lowest BCUT2D eigenvalue weighted by atomic mass is 10.1. The quantitative estimate of drug-likeness (QED) is 0.880. The summed E-state index contributed by atoms with van der Waals surface area (Å²) in [6, 6.07) is 4.96. The minimum absolute atomic E-state index is 0. The summed E-state index contributed by atoms with van der Waals surface area (Å²) < 4.78 is 0. The van der Waals surface area contributed by atoms with Gasteiger partial charge < -0.3 is 16.0 Å². The van der Waals surface area contributed by atoms with Gasteiger partial charge in [0, 0.05) is 31.7 Å². The second-order valence-corrected chi connectivity index (χ2v) is 5.54. The standard InChI is InChI=1S/C15H20ClN3O2.ClH/c16-13-10-11(18-14(20)6-7-17)4-5-12(13)15(21)19-8-2-1-3-9-19;/h4-5,10H,1-3,6-9,17H2,(H,18,20);1H. The summed E-state index contributed by atoms with van der Waals surface area (Å²) in [5.41, 5.74) is 6.38. The van der Waals surface area contributed by atoms with E-state index >= 15 is 0 Å². The van der Waals surface area contributed by atoms with Crippen molar-refractivity contribution in [2.24, 2.45) is 5.73 Å². The average Bonchev–Trinajstić information content (AvgIpc) is 2.48. The normalized spacial score (nSPS) is 14.2. The largest absolute Gasteiger partial charge is 0.339 e. The van der Waals surface area contributed by atoms with Crippen molar-refractivity contribution < 1.29 is 9.59 Å². The van der Waals surface area contributed by atoms with E-state index in [0.29, 0.717) is 22.8 Å². The molecule has 22 heavy (non-hydrogen) atoms. The van der Waals surface area contributed by atoms with E-state index < -0.39 is 0 Å². The van der Waals surface area contributed by atoms with Gasteiger partial charge >= 0.3 is 0 Å². The van der Waals surface area contributed by atoms with Gasteiger partial charge in [-0.25, -0.2) is 0 Å². The third-order valence-corrected chi connectivity index (χ3v) is 3.81. The zero-order valence-corrected chi connectivity index (χ0v) is 13.9. The SMILES string of the molecule is Cl.NCCC(=O)Nc1ccc(C(=O)N2CCCCC2)c(Cl)c1. The van der Waals surface area contributed by atoms with E-state index in [-0.39, 0.29) is 30.6 Å². The molecule has 0 unspecified atom stereocenters. The average molecular weight is 346 g/mol. The van der Waals surface area contributed by atoms with Crippen molar-refractivity contribution in [3.8, 4) is 0 Å². The van der Waals surface area contributed by atoms with Crippen molar-refractivity contribution in [3.05, 3.63) is 28.8 Å². The summed E-state index contributed by atoms with van der Waals surface area (Å²) >= 11 is 6.18. The minimum atomic E-state index is -0.163. The van der Waals surface area contributed by atoms with Crippen LogP contribution in [0, 0.1) is 0 Å². The van der Waals surface area contributed by atoms with Crippen LogP contribution in [0.3, 0.4) is 0 Å². The zero-order chi connectivity index (χ0) is 15.2. The molecule has 2 amide bonds. The maximum atomic E-state index is 12.4. The predicted octanol–water partition coefficient (Wildman–Crippen LogP) is 2.68. The highest BCUT2D eigenvalue weighted by Gasteiger charge is 2.20. The van der Waals surface area contributed by atoms with Crippen molar-refractivity contribution in [3.63, 3.8) is 0 Å². The van der Waals surface area contributed by atoms with E-state index in [2.05, 4.69) is 5.32 Å². The van der Waals surface area contributed by atoms with E-state index in [1.54, 1.807) is 18.2 Å². The molecule has 1 aromatic rings. The van der Waals surface area contributed by atoms with Crippen LogP contribution in [-0.2, 0) is 4.79 Å². The molecule has 1 aromatic carbocycles. The molecule has 0 aromatic heterocycles. The Morgan fingerprint density at radius 1 is 1.23 bits per heavy atom. The van der Waals surface area contributed by atoms with Crippen molar-refractivity contribution in [2.45, 2.75) is 25.7 Å². The Labute approximate surface area is 141 Å². The van der Waals surface area contributed by atoms with Gasteiger partial charge in [-0.3, -0.25) is 9.59 Å². The number of likely N-dealkylation sites (tertiary alicyclic amines) is 1. The van der Waals surface area contributed by atoms with Gasteiger partial charge in [-0.05, 0) is 37.5 Å². The molecule has 0 atom stereocenters. The van der Waals surface area contributed by atoms with Crippen LogP contribution in [-0.4, -0.2) is 36.3 Å². The Balaban J connectivity index is 0.00000242. The molecule has 5 nitrogen and oxygen atoms in total. The van der Waals surface area contributed by atoms with Crippen molar-refractivity contribution >= 4 is 41.5 Å². The van der Waals surface area contributed by atoms with Gasteiger partial charge in [0.25, 0.3) is 5.91 Å². The molecule has 0 aliphatic carbocycles. The number of anilines is 1. The molecule has 3 N–H and O–H groups in total. The number of nitrogens with two attached hydrogens (primary N) is 1. The number of nitrogens with zero attached hydrogens (tertiary/aromatic N) is 1. The number of carbonyl (C=O) groups is 2. The van der Waals surface area contributed by atoms with Crippen molar-refractivity contribution in [1.82, 2.24) is 4.90 Å². The fraction of sp³-hybridized carbons (Fsp3) is 0.467. The molecule has 2 rings (SSSR count). The maximum Gasteiger partial charge on any atom is 0.255 e. The van der Waals surface area contributed by atoms with Crippen LogP contribution in [0.1, 0.15) is 36.0 Å². The van der Waals surface area contributed by atoms with Crippen LogP contribution in [0.25, 0.3) is 0 Å². The molecule has 1 saturated heterocycles. The van der Waals surface area contributed by atoms with Gasteiger partial charge in [0.05, 0.1) is 10.6 Å². The number of rotatable bonds is 4. The first kappa shape index (κ1) is 18.7. The van der Waals surface area contributed by atoms with E-state index in [1.165, 1.54) is 6.42 Å². The molecular weight excluding hydrogens is 325 g/mol. The third-order valence-electron chi connectivity index (χ3n) is 3.50. The topological polar surface area (TPSA) is 75.4 Å². The van der Waals surface area contributed by atoms with Gasteiger partial charge in [0.1, 0.15) is 0 Å². The van der Waals surface area contributed by atoms with Crippen LogP contribution in [0.4, 0.5) is 5.69 Å². The second-order valence-electron chi connectivity index (χ2n) is 5.13. The maximum absolute atomic E-state index is 12.4. The van der Waals surface area contributed by atoms with Gasteiger partial charge in [0.2, 0.25) is 5.91 Å². The Morgan fingerprint density at radius 2 is 1.91 bits per heavy atom. The van der Waals surface area contributed by atoms with Gasteiger partial charge in [0.15, 0.2) is 0 Å². The highest BCUT2D eigenvalue weighted by atomic mass is 35.5. The van der Waals surface area contributed by atoms with Crippen LogP contribution >= 0.6 is 24.0 Å². The molecule has 1 aliphatic rings. The molecular formula is C15H21Cl2N3O2. The minimum Gasteiger partial charge on any atom is -0.339 e. The van der Waals surface area contributed by atoms with Crippen LogP contribution in [0.2, 0.25) is 5.02 Å². The summed E-state index contributed by atoms with van der Waals surface area (Å²) in [5, 5.41) is 3.06. The summed E-state index contributed by atoms with van der Waals surface area (Å²) in [5.74, 6) is -0.205. The van der Waals surface area contributed by atoms with Gasteiger partial charge in [-0.1, -0.05) is 11.6 Å². The highest BCUT2D eigenvalue weighted by Crippen LogP contribution is 2.23. The summed E-state index contributed by atoms with van der Waals surface area (Å²) in [7, 11) is 0. The van der Waals surface area contributed by atoms with Crippen molar-refractivity contribution in [1.29, 1.82) is 0 Å². The lowest BCUT2D eigenvalue weighted by Gasteiger charge is -2.27. The Hall–Kier alpha value is -1.30. The zero-order valence-electron chi connectivity index (χ0n) is 12.3. The Morgan fingerprint density at radius 3 is 2.50 bits per heavy atom. The number of carbonyl (C=O) groups excluding carboxylic acids is 2. The molecule has 7 heteroatoms. The van der Waals surface area contributed by atoms with E-state index in [9.17, 15) is 9.59 Å². The van der Waals surface area contributed by atoms with Crippen molar-refractivity contribution in [2.75, 3.05) is 25.0 Å². The summed E-state index contributed by atoms with van der Waals surface area (Å²) in [6.07, 6.45) is 3.50. The molecule has 1 fully saturated rings. The van der Waals surface area contributed by atoms with E-state index in [0.717, 1.165) is 25.9 Å². The number of hydrogen-bond donors (Lipinski definition) is 2. The Kier molecular flexibility index (Phi) is 7.65. The number of halogens is 2. The fourth-order valence-corrected chi connectivity index (χ4v) is 2.65. The molecule has 0 saturated carbocycles. The molecule has 1 aliphatic heterocycles. The lowest BCUT2D eigenvalue weighted by Crippen LogP contribution is -2.35. The molecule has 0 bridgehead atoms. The van der Waals surface area contributed by atoms with Gasteiger partial charge in [-0.2, -0.15) is 0 Å². The van der Waals surface area contributed by atoms with Crippen LogP contribution in [0.15, 0.2) is 18.2 Å². The summed E-state index contributed by atoms with van der Waals surface area (Å²) in [4.78, 5) is 25.7. The smallest absolute Gasteiger partial charge is 0.255 e. The molecule has 0 spiro atoms. The van der Waals surface area contributed by atoms with Crippen LogP contribution < -0.4 is 11.1 Å². The second kappa shape index (κ2) is 8.98. The van der Waals surface area contributed by atoms with E-state index in [1.807, 2.05) is 4.90 Å². The number of nitrogens with one attached hydrogen (secondary N) is 1. The molecule has 0 radical (unpaired) electrons. The fourth-order valence-electron chi connectivity index (χ4n) is 2.39. The monoisotopic (exact) mass is 345 g/mol. The Bertz CT molecular complexity index is 532. The number of benzene rings is 1.